The van der Waals surface area contributed by atoms with Crippen LogP contribution in [0.5, 0.6) is 0 Å². The zero-order chi connectivity index (χ0) is 19.8. The number of halogens is 1. The lowest BCUT2D eigenvalue weighted by molar-refractivity contribution is -0.162. The summed E-state index contributed by atoms with van der Waals surface area (Å²) in [5, 5.41) is 21.7. The quantitative estimate of drug-likeness (QED) is 0.511. The Morgan fingerprint density at radius 1 is 1.22 bits per heavy atom. The van der Waals surface area contributed by atoms with Crippen LogP contribution < -0.4 is 0 Å². The molecular weight excluding hydrogens is 408 g/mol. The first-order chi connectivity index (χ1) is 12.6. The molecule has 150 valence electrons. The molecule has 0 amide bonds. The molecule has 0 radical (unpaired) electrons. The molecule has 4 aliphatic carbocycles. The van der Waals surface area contributed by atoms with Crippen LogP contribution in [-0.4, -0.2) is 38.8 Å². The SMILES string of the molecule is CC1C(=O)C(O)C=C2CC[C@H]3[C@@H]4CC[C@](O)(C(=O)CBr)[C@@]4(C)CC[C@@H]3[C@]21C. The molecule has 0 heterocycles. The van der Waals surface area contributed by atoms with Gasteiger partial charge in [-0.05, 0) is 62.4 Å². The summed E-state index contributed by atoms with van der Waals surface area (Å²) < 4.78 is 0. The zero-order valence-electron chi connectivity index (χ0n) is 16.5. The minimum atomic E-state index is -1.23. The molecule has 5 heteroatoms. The predicted octanol–water partition coefficient (Wildman–Crippen LogP) is 3.43. The number of hydrogen-bond donors (Lipinski definition) is 2. The number of ketones is 2. The van der Waals surface area contributed by atoms with Crippen LogP contribution in [0.25, 0.3) is 0 Å². The number of hydrogen-bond acceptors (Lipinski definition) is 4. The summed E-state index contributed by atoms with van der Waals surface area (Å²) in [5.41, 5.74) is -0.566. The average molecular weight is 439 g/mol. The summed E-state index contributed by atoms with van der Waals surface area (Å²) in [6, 6.07) is 0. The molecule has 0 aromatic carbocycles. The van der Waals surface area contributed by atoms with Crippen molar-refractivity contribution in [3.8, 4) is 0 Å². The first kappa shape index (κ1) is 19.8. The standard InChI is InChI=1S/C22H31BrO4/c1-12-19(26)17(24)10-13-4-5-14-15-7-9-22(27,18(25)11-23)20(15,2)8-6-16(14)21(12,13)3/h10,12,14-17,24,27H,4-9,11H2,1-3H3/t12?,14-,15-,16-,17?,20-,21-,22-/m0/s1. The number of alkyl halides is 1. The number of allylic oxidation sites excluding steroid dienone is 1. The number of carbonyl (C=O) groups is 2. The predicted molar refractivity (Wildman–Crippen MR) is 106 cm³/mol. The summed E-state index contributed by atoms with van der Waals surface area (Å²) >= 11 is 3.27. The summed E-state index contributed by atoms with van der Waals surface area (Å²) in [6.45, 7) is 6.32. The summed E-state index contributed by atoms with van der Waals surface area (Å²) in [5.74, 6) is 0.786. The van der Waals surface area contributed by atoms with Gasteiger partial charge in [0.1, 0.15) is 11.7 Å². The largest absolute Gasteiger partial charge is 0.381 e. The fraction of sp³-hybridized carbons (Fsp3) is 0.818. The van der Waals surface area contributed by atoms with E-state index in [0.717, 1.165) is 32.1 Å². The summed E-state index contributed by atoms with van der Waals surface area (Å²) in [4.78, 5) is 25.2. The average Bonchev–Trinajstić information content (AvgIpc) is 2.93. The highest BCUT2D eigenvalue weighted by atomic mass is 79.9. The number of rotatable bonds is 2. The van der Waals surface area contributed by atoms with Crippen molar-refractivity contribution in [2.45, 2.75) is 71.0 Å². The van der Waals surface area contributed by atoms with Crippen molar-refractivity contribution in [1.82, 2.24) is 0 Å². The Morgan fingerprint density at radius 2 is 1.89 bits per heavy atom. The van der Waals surface area contributed by atoms with Gasteiger partial charge in [-0.25, -0.2) is 0 Å². The molecule has 0 aromatic heterocycles. The molecule has 0 aliphatic heterocycles. The van der Waals surface area contributed by atoms with Crippen molar-refractivity contribution in [2.75, 3.05) is 5.33 Å². The van der Waals surface area contributed by atoms with Crippen molar-refractivity contribution in [2.24, 2.45) is 34.5 Å². The maximum atomic E-state index is 12.6. The highest BCUT2D eigenvalue weighted by Crippen LogP contribution is 2.68. The van der Waals surface area contributed by atoms with Gasteiger partial charge in [-0.15, -0.1) is 0 Å². The Balaban J connectivity index is 1.72. The van der Waals surface area contributed by atoms with E-state index < -0.39 is 11.7 Å². The van der Waals surface area contributed by atoms with E-state index in [0.29, 0.717) is 24.2 Å². The molecule has 4 rings (SSSR count). The lowest BCUT2D eigenvalue weighted by Gasteiger charge is -2.60. The Morgan fingerprint density at radius 3 is 2.56 bits per heavy atom. The molecule has 4 nitrogen and oxygen atoms in total. The molecule has 27 heavy (non-hydrogen) atoms. The molecular formula is C22H31BrO4. The Kier molecular flexibility index (Phi) is 4.57. The topological polar surface area (TPSA) is 74.6 Å². The second kappa shape index (κ2) is 6.24. The van der Waals surface area contributed by atoms with Gasteiger partial charge in [-0.3, -0.25) is 9.59 Å². The molecule has 2 unspecified atom stereocenters. The van der Waals surface area contributed by atoms with Crippen LogP contribution in [0.3, 0.4) is 0 Å². The number of aliphatic hydroxyl groups is 2. The van der Waals surface area contributed by atoms with Crippen LogP contribution in [0.1, 0.15) is 59.3 Å². The number of Topliss-reactive ketones (excluding diaryl/α,β-unsaturated/α-hetero) is 2. The lowest BCUT2D eigenvalue weighted by Crippen LogP contribution is -2.59. The van der Waals surface area contributed by atoms with Gasteiger partial charge < -0.3 is 10.2 Å². The number of fused-ring (bicyclic) bond motifs is 5. The zero-order valence-corrected chi connectivity index (χ0v) is 18.1. The summed E-state index contributed by atoms with van der Waals surface area (Å²) in [6.07, 6.45) is 5.97. The van der Waals surface area contributed by atoms with E-state index in [1.807, 2.05) is 13.0 Å². The lowest BCUT2D eigenvalue weighted by atomic mass is 9.44. The van der Waals surface area contributed by atoms with Crippen LogP contribution in [0.15, 0.2) is 11.6 Å². The monoisotopic (exact) mass is 438 g/mol. The van der Waals surface area contributed by atoms with Crippen LogP contribution in [-0.2, 0) is 9.59 Å². The Bertz CT molecular complexity index is 717. The highest BCUT2D eigenvalue weighted by molar-refractivity contribution is 9.09. The summed E-state index contributed by atoms with van der Waals surface area (Å²) in [7, 11) is 0. The van der Waals surface area contributed by atoms with Gasteiger partial charge in [0, 0.05) is 16.7 Å². The van der Waals surface area contributed by atoms with Crippen molar-refractivity contribution in [3.63, 3.8) is 0 Å². The van der Waals surface area contributed by atoms with Gasteiger partial charge in [-0.1, -0.05) is 42.3 Å². The third kappa shape index (κ3) is 2.34. The van der Waals surface area contributed by atoms with Crippen LogP contribution in [0, 0.1) is 34.5 Å². The molecule has 0 spiro atoms. The fourth-order valence-corrected chi connectivity index (χ4v) is 8.00. The second-order valence-corrected chi connectivity index (χ2v) is 10.4. The van der Waals surface area contributed by atoms with E-state index in [1.165, 1.54) is 5.57 Å². The number of aliphatic hydroxyl groups excluding tert-OH is 1. The molecule has 2 N–H and O–H groups in total. The Labute approximate surface area is 169 Å². The molecule has 4 aliphatic rings. The first-order valence-corrected chi connectivity index (χ1v) is 11.5. The van der Waals surface area contributed by atoms with E-state index in [-0.39, 0.29) is 33.6 Å². The molecule has 0 saturated heterocycles. The van der Waals surface area contributed by atoms with Gasteiger partial charge in [0.15, 0.2) is 11.6 Å². The van der Waals surface area contributed by atoms with Gasteiger partial charge in [-0.2, -0.15) is 0 Å². The van der Waals surface area contributed by atoms with E-state index in [2.05, 4.69) is 29.8 Å². The van der Waals surface area contributed by atoms with Gasteiger partial charge in [0.25, 0.3) is 0 Å². The normalized spacial score (nSPS) is 51.9. The maximum Gasteiger partial charge on any atom is 0.175 e. The van der Waals surface area contributed by atoms with Crippen LogP contribution >= 0.6 is 15.9 Å². The third-order valence-electron chi connectivity index (χ3n) is 9.36. The number of carbonyl (C=O) groups excluding carboxylic acids is 2. The first-order valence-electron chi connectivity index (χ1n) is 10.4. The van der Waals surface area contributed by atoms with Crippen molar-refractivity contribution < 1.29 is 19.8 Å². The molecule has 8 atom stereocenters. The molecule has 0 aromatic rings. The smallest absolute Gasteiger partial charge is 0.175 e. The molecule has 0 bridgehead atoms. The van der Waals surface area contributed by atoms with Crippen molar-refractivity contribution >= 4 is 27.5 Å². The van der Waals surface area contributed by atoms with Gasteiger partial charge in [0.2, 0.25) is 0 Å². The second-order valence-electron chi connectivity index (χ2n) is 9.87. The van der Waals surface area contributed by atoms with E-state index >= 15 is 0 Å². The van der Waals surface area contributed by atoms with Crippen molar-refractivity contribution in [1.29, 1.82) is 0 Å². The van der Waals surface area contributed by atoms with Crippen LogP contribution in [0.4, 0.5) is 0 Å². The Hall–Kier alpha value is -0.520. The third-order valence-corrected chi connectivity index (χ3v) is 9.87. The van der Waals surface area contributed by atoms with E-state index in [1.54, 1.807) is 0 Å². The van der Waals surface area contributed by atoms with Gasteiger partial charge in [0.05, 0.1) is 5.33 Å². The van der Waals surface area contributed by atoms with Crippen molar-refractivity contribution in [3.05, 3.63) is 11.6 Å². The van der Waals surface area contributed by atoms with E-state index in [9.17, 15) is 19.8 Å². The molecule has 3 saturated carbocycles. The minimum Gasteiger partial charge on any atom is -0.381 e. The van der Waals surface area contributed by atoms with E-state index in [4.69, 9.17) is 0 Å². The maximum absolute atomic E-state index is 12.6. The fourth-order valence-electron chi connectivity index (χ4n) is 7.54. The minimum absolute atomic E-state index is 0.0624. The highest BCUT2D eigenvalue weighted by Gasteiger charge is 2.66. The van der Waals surface area contributed by atoms with Gasteiger partial charge >= 0.3 is 0 Å². The van der Waals surface area contributed by atoms with Crippen LogP contribution in [0.2, 0.25) is 0 Å². The molecule has 3 fully saturated rings.